The number of ether oxygens (including phenoxy) is 1. The lowest BCUT2D eigenvalue weighted by atomic mass is 10.0. The van der Waals surface area contributed by atoms with Crippen molar-refractivity contribution >= 4 is 27.2 Å². The van der Waals surface area contributed by atoms with Gasteiger partial charge in [0, 0.05) is 18.8 Å². The lowest BCUT2D eigenvalue weighted by Crippen LogP contribution is -2.25. The highest BCUT2D eigenvalue weighted by Crippen LogP contribution is 2.25. The van der Waals surface area contributed by atoms with E-state index >= 15 is 0 Å². The molecule has 0 saturated heterocycles. The monoisotopic (exact) mass is 309 g/mol. The maximum absolute atomic E-state index is 9.90. The summed E-state index contributed by atoms with van der Waals surface area (Å²) in [6, 6.07) is 19.1. The van der Waals surface area contributed by atoms with Gasteiger partial charge in [0.2, 0.25) is 0 Å². The second kappa shape index (κ2) is 7.44. The Morgan fingerprint density at radius 3 is 2.39 bits per heavy atom. The van der Waals surface area contributed by atoms with Gasteiger partial charge in [-0.05, 0) is 52.2 Å². The van der Waals surface area contributed by atoms with Gasteiger partial charge in [-0.2, -0.15) is 0 Å². The van der Waals surface area contributed by atoms with E-state index in [-0.39, 0.29) is 0 Å². The normalized spacial score (nSPS) is 12.6. The van der Waals surface area contributed by atoms with Crippen molar-refractivity contribution in [3.63, 3.8) is 0 Å². The lowest BCUT2D eigenvalue weighted by Gasteiger charge is -2.13. The molecule has 3 aromatic rings. The lowest BCUT2D eigenvalue weighted by molar-refractivity contribution is 0.0437. The van der Waals surface area contributed by atoms with E-state index in [1.807, 2.05) is 0 Å². The molecule has 2 N–H and O–H groups in total. The summed E-state index contributed by atoms with van der Waals surface area (Å²) in [5.74, 6) is 0. The molecule has 3 aromatic carbocycles. The van der Waals surface area contributed by atoms with Gasteiger partial charge in [-0.25, -0.2) is 0 Å². The van der Waals surface area contributed by atoms with Gasteiger partial charge < -0.3 is 15.2 Å². The molecule has 1 atom stereocenters. The average Bonchev–Trinajstić information content (AvgIpc) is 2.58. The zero-order valence-electron chi connectivity index (χ0n) is 13.5. The van der Waals surface area contributed by atoms with Crippen molar-refractivity contribution in [2.75, 3.05) is 25.1 Å². The highest BCUT2D eigenvalue weighted by Gasteiger charge is 2.05. The summed E-state index contributed by atoms with van der Waals surface area (Å²) in [6.45, 7) is 3.62. The standard InChI is InChI=1S/C20H23NO2/c1-2-9-23-14-20(22)13-21-19-8-7-17-10-15-5-3-4-6-16(15)11-18(17)12-19/h3-8,10-12,20-22H,2,9,13-14H2,1H3. The molecule has 0 spiro atoms. The fourth-order valence-electron chi connectivity index (χ4n) is 2.71. The van der Waals surface area contributed by atoms with Crippen LogP contribution in [0.4, 0.5) is 5.69 Å². The minimum Gasteiger partial charge on any atom is -0.389 e. The Kier molecular flexibility index (Phi) is 5.11. The van der Waals surface area contributed by atoms with Crippen LogP contribution in [0.15, 0.2) is 54.6 Å². The van der Waals surface area contributed by atoms with Crippen molar-refractivity contribution in [2.45, 2.75) is 19.4 Å². The molecule has 0 bridgehead atoms. The Bertz CT molecular complexity index is 785. The van der Waals surface area contributed by atoms with Crippen LogP contribution in [0.3, 0.4) is 0 Å². The number of hydrogen-bond acceptors (Lipinski definition) is 3. The minimum atomic E-state index is -0.492. The SMILES string of the molecule is CCCOCC(O)CNc1ccc2cc3ccccc3cc2c1. The first-order valence-corrected chi connectivity index (χ1v) is 8.18. The molecular weight excluding hydrogens is 286 g/mol. The Hall–Kier alpha value is -2.10. The summed E-state index contributed by atoms with van der Waals surface area (Å²) < 4.78 is 5.36. The second-order valence-corrected chi connectivity index (χ2v) is 5.87. The number of fused-ring (bicyclic) bond motifs is 2. The molecule has 23 heavy (non-hydrogen) atoms. The molecule has 120 valence electrons. The van der Waals surface area contributed by atoms with Crippen LogP contribution in [-0.2, 0) is 4.74 Å². The maximum atomic E-state index is 9.90. The molecule has 0 heterocycles. The van der Waals surface area contributed by atoms with Gasteiger partial charge in [0.1, 0.15) is 0 Å². The molecule has 0 fully saturated rings. The third-order valence-electron chi connectivity index (χ3n) is 3.91. The fourth-order valence-corrected chi connectivity index (χ4v) is 2.71. The first-order chi connectivity index (χ1) is 11.3. The van der Waals surface area contributed by atoms with Gasteiger partial charge in [0.25, 0.3) is 0 Å². The Morgan fingerprint density at radius 2 is 1.65 bits per heavy atom. The van der Waals surface area contributed by atoms with Gasteiger partial charge in [-0.15, -0.1) is 0 Å². The van der Waals surface area contributed by atoms with Crippen LogP contribution in [0.1, 0.15) is 13.3 Å². The first-order valence-electron chi connectivity index (χ1n) is 8.18. The van der Waals surface area contributed by atoms with Crippen molar-refractivity contribution in [3.8, 4) is 0 Å². The molecule has 0 saturated carbocycles. The summed E-state index contributed by atoms with van der Waals surface area (Å²) in [4.78, 5) is 0. The van der Waals surface area contributed by atoms with Gasteiger partial charge in [-0.1, -0.05) is 37.3 Å². The molecule has 3 rings (SSSR count). The van der Waals surface area contributed by atoms with Crippen molar-refractivity contribution in [3.05, 3.63) is 54.6 Å². The quantitative estimate of drug-likeness (QED) is 0.508. The van der Waals surface area contributed by atoms with Crippen LogP contribution in [0.5, 0.6) is 0 Å². The van der Waals surface area contributed by atoms with E-state index in [0.29, 0.717) is 19.8 Å². The van der Waals surface area contributed by atoms with E-state index in [1.165, 1.54) is 21.5 Å². The molecule has 1 unspecified atom stereocenters. The topological polar surface area (TPSA) is 41.5 Å². The zero-order valence-corrected chi connectivity index (χ0v) is 13.5. The van der Waals surface area contributed by atoms with E-state index in [2.05, 4.69) is 66.8 Å². The molecule has 0 amide bonds. The van der Waals surface area contributed by atoms with Crippen LogP contribution < -0.4 is 5.32 Å². The molecule has 0 radical (unpaired) electrons. The predicted molar refractivity (Wildman–Crippen MR) is 97.1 cm³/mol. The van der Waals surface area contributed by atoms with Crippen LogP contribution in [0.25, 0.3) is 21.5 Å². The molecular formula is C20H23NO2. The molecule has 3 nitrogen and oxygen atoms in total. The van der Waals surface area contributed by atoms with E-state index in [1.54, 1.807) is 0 Å². The Morgan fingerprint density at radius 1 is 0.957 bits per heavy atom. The van der Waals surface area contributed by atoms with E-state index in [9.17, 15) is 5.11 Å². The van der Waals surface area contributed by atoms with Crippen molar-refractivity contribution in [2.24, 2.45) is 0 Å². The molecule has 0 aliphatic rings. The molecule has 0 aromatic heterocycles. The summed E-state index contributed by atoms with van der Waals surface area (Å²) >= 11 is 0. The number of anilines is 1. The average molecular weight is 309 g/mol. The van der Waals surface area contributed by atoms with Crippen LogP contribution >= 0.6 is 0 Å². The highest BCUT2D eigenvalue weighted by molar-refractivity contribution is 5.99. The summed E-state index contributed by atoms with van der Waals surface area (Å²) in [5, 5.41) is 18.1. The highest BCUT2D eigenvalue weighted by atomic mass is 16.5. The van der Waals surface area contributed by atoms with E-state index in [4.69, 9.17) is 4.74 Å². The Labute approximate surface area is 136 Å². The number of hydrogen-bond donors (Lipinski definition) is 2. The zero-order chi connectivity index (χ0) is 16.1. The summed E-state index contributed by atoms with van der Waals surface area (Å²) in [6.07, 6.45) is 0.479. The van der Waals surface area contributed by atoms with E-state index < -0.39 is 6.10 Å². The van der Waals surface area contributed by atoms with Crippen LogP contribution in [-0.4, -0.2) is 31.0 Å². The molecule has 3 heteroatoms. The number of nitrogens with one attached hydrogen (secondary N) is 1. The summed E-state index contributed by atoms with van der Waals surface area (Å²) in [5.41, 5.74) is 1.02. The first kappa shape index (κ1) is 15.8. The predicted octanol–water partition coefficient (Wildman–Crippen LogP) is 4.19. The van der Waals surface area contributed by atoms with Gasteiger partial charge >= 0.3 is 0 Å². The van der Waals surface area contributed by atoms with Gasteiger partial charge in [-0.3, -0.25) is 0 Å². The van der Waals surface area contributed by atoms with Gasteiger partial charge in [0.05, 0.1) is 12.7 Å². The number of aliphatic hydroxyl groups is 1. The smallest absolute Gasteiger partial charge is 0.0945 e. The number of rotatable bonds is 7. The molecule has 0 aliphatic carbocycles. The van der Waals surface area contributed by atoms with Crippen molar-refractivity contribution < 1.29 is 9.84 Å². The summed E-state index contributed by atoms with van der Waals surface area (Å²) in [7, 11) is 0. The fraction of sp³-hybridized carbons (Fsp3) is 0.300. The third kappa shape index (κ3) is 4.01. The van der Waals surface area contributed by atoms with Gasteiger partial charge in [0.15, 0.2) is 0 Å². The van der Waals surface area contributed by atoms with Crippen molar-refractivity contribution in [1.82, 2.24) is 0 Å². The number of benzene rings is 3. The van der Waals surface area contributed by atoms with Crippen LogP contribution in [0, 0.1) is 0 Å². The maximum Gasteiger partial charge on any atom is 0.0945 e. The second-order valence-electron chi connectivity index (χ2n) is 5.87. The molecule has 0 aliphatic heterocycles. The third-order valence-corrected chi connectivity index (χ3v) is 3.91. The largest absolute Gasteiger partial charge is 0.389 e. The minimum absolute atomic E-state index is 0.374. The van der Waals surface area contributed by atoms with Crippen molar-refractivity contribution in [1.29, 1.82) is 0 Å². The number of aliphatic hydroxyl groups excluding tert-OH is 1. The Balaban J connectivity index is 1.71. The van der Waals surface area contributed by atoms with Crippen LogP contribution in [0.2, 0.25) is 0 Å². The van der Waals surface area contributed by atoms with E-state index in [0.717, 1.165) is 12.1 Å².